The number of nitrogens with one attached hydrogen (secondary N) is 1. The van der Waals surface area contributed by atoms with E-state index in [4.69, 9.17) is 16.7 Å². The van der Waals surface area contributed by atoms with E-state index in [2.05, 4.69) is 5.32 Å². The fourth-order valence-corrected chi connectivity index (χ4v) is 1.34. The highest BCUT2D eigenvalue weighted by atomic mass is 35.5. The highest BCUT2D eigenvalue weighted by Crippen LogP contribution is 2.26. The van der Waals surface area contributed by atoms with Gasteiger partial charge >= 0.3 is 0 Å². The summed E-state index contributed by atoms with van der Waals surface area (Å²) < 4.78 is 0. The first-order chi connectivity index (χ1) is 7.85. The van der Waals surface area contributed by atoms with Crippen LogP contribution in [0.3, 0.4) is 0 Å². The summed E-state index contributed by atoms with van der Waals surface area (Å²) in [5.74, 6) is 0. The summed E-state index contributed by atoms with van der Waals surface area (Å²) in [5, 5.41) is 31.9. The molecule has 1 aromatic carbocycles. The van der Waals surface area contributed by atoms with E-state index in [1.807, 2.05) is 0 Å². The van der Waals surface area contributed by atoms with Gasteiger partial charge in [-0.15, -0.1) is 0 Å². The molecule has 0 aliphatic heterocycles. The zero-order chi connectivity index (χ0) is 13.1. The lowest BCUT2D eigenvalue weighted by atomic mass is 10.1. The number of non-ortho nitro benzene ring substituents is 1. The van der Waals surface area contributed by atoms with Crippen LogP contribution in [-0.2, 0) is 0 Å². The minimum Gasteiger partial charge on any atom is -0.393 e. The van der Waals surface area contributed by atoms with Crippen LogP contribution in [0.1, 0.15) is 6.92 Å². The number of hydrogen-bond acceptors (Lipinski definition) is 5. The molecule has 0 fully saturated rings. The maximum Gasteiger partial charge on any atom is 0.271 e. The summed E-state index contributed by atoms with van der Waals surface area (Å²) in [6, 6.07) is 3.98. The standard InChI is InChI=1S/C10H13ClN2O4/c1-10(15,6-14)5-12-9-3-2-7(13(16)17)4-8(9)11/h2-4,12,14-15H,5-6H2,1H3. The second kappa shape index (κ2) is 5.31. The van der Waals surface area contributed by atoms with Crippen molar-refractivity contribution in [1.82, 2.24) is 0 Å². The van der Waals surface area contributed by atoms with Crippen molar-refractivity contribution in [3.63, 3.8) is 0 Å². The summed E-state index contributed by atoms with van der Waals surface area (Å²) in [6.07, 6.45) is 0. The maximum absolute atomic E-state index is 10.5. The number of nitrogens with zero attached hydrogens (tertiary/aromatic N) is 1. The second-order valence-electron chi connectivity index (χ2n) is 3.93. The van der Waals surface area contributed by atoms with Gasteiger partial charge in [0, 0.05) is 18.7 Å². The molecule has 0 saturated heterocycles. The Labute approximate surface area is 103 Å². The summed E-state index contributed by atoms with van der Waals surface area (Å²) in [5.41, 5.74) is -0.911. The van der Waals surface area contributed by atoms with Gasteiger partial charge in [0.25, 0.3) is 5.69 Å². The van der Waals surface area contributed by atoms with Crippen LogP contribution in [-0.4, -0.2) is 33.9 Å². The van der Waals surface area contributed by atoms with Crippen molar-refractivity contribution in [3.05, 3.63) is 33.3 Å². The first kappa shape index (κ1) is 13.7. The largest absolute Gasteiger partial charge is 0.393 e. The third-order valence-electron chi connectivity index (χ3n) is 2.16. The topological polar surface area (TPSA) is 95.6 Å². The van der Waals surface area contributed by atoms with Crippen LogP contribution in [0, 0.1) is 10.1 Å². The van der Waals surface area contributed by atoms with Gasteiger partial charge in [-0.05, 0) is 13.0 Å². The molecule has 0 spiro atoms. The van der Waals surface area contributed by atoms with Gasteiger partial charge in [-0.25, -0.2) is 0 Å². The van der Waals surface area contributed by atoms with E-state index < -0.39 is 17.1 Å². The van der Waals surface area contributed by atoms with E-state index in [0.29, 0.717) is 5.69 Å². The molecule has 0 bridgehead atoms. The fourth-order valence-electron chi connectivity index (χ4n) is 1.10. The van der Waals surface area contributed by atoms with Crippen molar-refractivity contribution in [1.29, 1.82) is 0 Å². The van der Waals surface area contributed by atoms with Gasteiger partial charge in [0.1, 0.15) is 5.60 Å². The molecule has 1 atom stereocenters. The Morgan fingerprint density at radius 1 is 1.59 bits per heavy atom. The molecule has 0 heterocycles. The van der Waals surface area contributed by atoms with E-state index in [1.165, 1.54) is 25.1 Å². The number of halogens is 1. The van der Waals surface area contributed by atoms with Crippen LogP contribution < -0.4 is 5.32 Å². The number of aliphatic hydroxyl groups excluding tert-OH is 1. The third kappa shape index (κ3) is 3.85. The minimum absolute atomic E-state index is 0.0844. The van der Waals surface area contributed by atoms with Crippen LogP contribution in [0.2, 0.25) is 5.02 Å². The Hall–Kier alpha value is -1.37. The molecule has 1 rings (SSSR count). The molecular weight excluding hydrogens is 248 g/mol. The van der Waals surface area contributed by atoms with Crippen molar-refractivity contribution in [3.8, 4) is 0 Å². The third-order valence-corrected chi connectivity index (χ3v) is 2.48. The van der Waals surface area contributed by atoms with Gasteiger partial charge in [0.05, 0.1) is 22.2 Å². The Kier molecular flexibility index (Phi) is 4.28. The number of anilines is 1. The zero-order valence-electron chi connectivity index (χ0n) is 9.18. The Morgan fingerprint density at radius 3 is 2.71 bits per heavy atom. The van der Waals surface area contributed by atoms with Crippen LogP contribution >= 0.6 is 11.6 Å². The van der Waals surface area contributed by atoms with Crippen molar-refractivity contribution in [2.24, 2.45) is 0 Å². The summed E-state index contributed by atoms with van der Waals surface area (Å²) >= 11 is 5.83. The Bertz CT molecular complexity index is 423. The monoisotopic (exact) mass is 260 g/mol. The summed E-state index contributed by atoms with van der Waals surface area (Å²) in [4.78, 5) is 9.94. The first-order valence-electron chi connectivity index (χ1n) is 4.87. The van der Waals surface area contributed by atoms with Crippen molar-refractivity contribution in [2.45, 2.75) is 12.5 Å². The van der Waals surface area contributed by atoms with Crippen LogP contribution in [0.4, 0.5) is 11.4 Å². The molecule has 0 aromatic heterocycles. The number of nitro benzene ring substituents is 1. The number of rotatable bonds is 5. The van der Waals surface area contributed by atoms with E-state index in [0.717, 1.165) is 0 Å². The maximum atomic E-state index is 10.5. The molecule has 0 aliphatic rings. The molecule has 0 radical (unpaired) electrons. The van der Waals surface area contributed by atoms with Crippen LogP contribution in [0.5, 0.6) is 0 Å². The molecule has 1 aromatic rings. The van der Waals surface area contributed by atoms with E-state index in [9.17, 15) is 15.2 Å². The van der Waals surface area contributed by atoms with Crippen LogP contribution in [0.25, 0.3) is 0 Å². The average molecular weight is 261 g/mol. The van der Waals surface area contributed by atoms with E-state index in [-0.39, 0.29) is 17.3 Å². The summed E-state index contributed by atoms with van der Waals surface area (Å²) in [7, 11) is 0. The van der Waals surface area contributed by atoms with Crippen molar-refractivity contribution < 1.29 is 15.1 Å². The van der Waals surface area contributed by atoms with Gasteiger partial charge in [-0.1, -0.05) is 11.6 Å². The zero-order valence-corrected chi connectivity index (χ0v) is 9.94. The highest BCUT2D eigenvalue weighted by molar-refractivity contribution is 6.33. The molecule has 94 valence electrons. The number of aliphatic hydroxyl groups is 2. The Morgan fingerprint density at radius 2 is 2.24 bits per heavy atom. The molecule has 1 unspecified atom stereocenters. The van der Waals surface area contributed by atoms with Crippen molar-refractivity contribution >= 4 is 23.0 Å². The molecule has 0 amide bonds. The predicted molar refractivity (Wildman–Crippen MR) is 64.3 cm³/mol. The molecule has 0 aliphatic carbocycles. The fraction of sp³-hybridized carbons (Fsp3) is 0.400. The smallest absolute Gasteiger partial charge is 0.271 e. The normalized spacial score (nSPS) is 14.1. The SMILES string of the molecule is CC(O)(CO)CNc1ccc([N+](=O)[O-])cc1Cl. The first-order valence-corrected chi connectivity index (χ1v) is 5.24. The predicted octanol–water partition coefficient (Wildman–Crippen LogP) is 1.40. The van der Waals surface area contributed by atoms with Gasteiger partial charge in [0.15, 0.2) is 0 Å². The van der Waals surface area contributed by atoms with E-state index >= 15 is 0 Å². The molecule has 6 nitrogen and oxygen atoms in total. The quantitative estimate of drug-likeness (QED) is 0.549. The van der Waals surface area contributed by atoms with Gasteiger partial charge in [-0.3, -0.25) is 10.1 Å². The number of nitro groups is 1. The van der Waals surface area contributed by atoms with Crippen molar-refractivity contribution in [2.75, 3.05) is 18.5 Å². The number of benzene rings is 1. The van der Waals surface area contributed by atoms with Gasteiger partial charge in [-0.2, -0.15) is 0 Å². The Balaban J connectivity index is 2.77. The van der Waals surface area contributed by atoms with Crippen LogP contribution in [0.15, 0.2) is 18.2 Å². The van der Waals surface area contributed by atoms with E-state index in [1.54, 1.807) is 0 Å². The lowest BCUT2D eigenvalue weighted by Crippen LogP contribution is -2.37. The lowest BCUT2D eigenvalue weighted by Gasteiger charge is -2.21. The summed E-state index contributed by atoms with van der Waals surface area (Å²) in [6.45, 7) is 1.14. The molecule has 17 heavy (non-hydrogen) atoms. The van der Waals surface area contributed by atoms with Gasteiger partial charge < -0.3 is 15.5 Å². The van der Waals surface area contributed by atoms with Gasteiger partial charge in [0.2, 0.25) is 0 Å². The average Bonchev–Trinajstić information content (AvgIpc) is 2.27. The number of hydrogen-bond donors (Lipinski definition) is 3. The molecule has 0 saturated carbocycles. The molecule has 7 heteroatoms. The lowest BCUT2D eigenvalue weighted by molar-refractivity contribution is -0.384. The second-order valence-corrected chi connectivity index (χ2v) is 4.34. The minimum atomic E-state index is -1.27. The molecular formula is C10H13ClN2O4. The molecule has 3 N–H and O–H groups in total. The highest BCUT2D eigenvalue weighted by Gasteiger charge is 2.19.